The highest BCUT2D eigenvalue weighted by Crippen LogP contribution is 2.24. The van der Waals surface area contributed by atoms with E-state index < -0.39 is 41.1 Å². The van der Waals surface area contributed by atoms with Crippen LogP contribution in [0.25, 0.3) is 0 Å². The summed E-state index contributed by atoms with van der Waals surface area (Å²) in [6, 6.07) is 13.8. The molecule has 2 aromatic rings. The summed E-state index contributed by atoms with van der Waals surface area (Å²) >= 11 is 0. The van der Waals surface area contributed by atoms with Crippen molar-refractivity contribution in [3.8, 4) is 5.75 Å². The van der Waals surface area contributed by atoms with Gasteiger partial charge in [-0.3, -0.25) is 4.84 Å². The Bertz CT molecular complexity index is 1010. The number of hydrogen-bond donors (Lipinski definition) is 3. The zero-order valence-electron chi connectivity index (χ0n) is 18.9. The number of aliphatic hydroxyl groups excluding tert-OH is 1. The van der Waals surface area contributed by atoms with Gasteiger partial charge in [0.25, 0.3) is 10.0 Å². The van der Waals surface area contributed by atoms with E-state index in [0.29, 0.717) is 23.2 Å². The Morgan fingerprint density at radius 2 is 1.88 bits per heavy atom. The van der Waals surface area contributed by atoms with Crippen LogP contribution in [0.2, 0.25) is 0 Å². The number of aliphatic hydroxyl groups is 1. The number of hydrogen-bond acceptors (Lipinski definition) is 7. The molecule has 1 saturated heterocycles. The Morgan fingerprint density at radius 3 is 2.47 bits per heavy atom. The maximum absolute atomic E-state index is 13.4. The molecule has 2 aromatic carbocycles. The van der Waals surface area contributed by atoms with Gasteiger partial charge in [0.15, 0.2) is 6.29 Å². The third kappa shape index (κ3) is 7.15. The van der Waals surface area contributed by atoms with Crippen LogP contribution in [0.1, 0.15) is 24.8 Å². The van der Waals surface area contributed by atoms with Gasteiger partial charge in [-0.25, -0.2) is 13.2 Å². The Balaban J connectivity index is 1.85. The van der Waals surface area contributed by atoms with Gasteiger partial charge in [0, 0.05) is 13.0 Å². The van der Waals surface area contributed by atoms with Crippen molar-refractivity contribution in [3.05, 3.63) is 60.2 Å². The maximum atomic E-state index is 13.4. The van der Waals surface area contributed by atoms with Gasteiger partial charge in [-0.2, -0.15) is 0 Å². The Kier molecular flexibility index (Phi) is 9.25. The second kappa shape index (κ2) is 12.1. The molecular weight excluding hydrogens is 464 g/mol. The van der Waals surface area contributed by atoms with E-state index in [0.717, 1.165) is 18.4 Å². The molecule has 0 radical (unpaired) electrons. The summed E-state index contributed by atoms with van der Waals surface area (Å²) in [6.45, 7) is -0.0765. The molecule has 3 N–H and O–H groups in total. The van der Waals surface area contributed by atoms with Gasteiger partial charge < -0.3 is 25.0 Å². The highest BCUT2D eigenvalue weighted by molar-refractivity contribution is 7.89. The molecule has 1 heterocycles. The molecular formula is C23H30N2O8S. The van der Waals surface area contributed by atoms with Gasteiger partial charge in [-0.1, -0.05) is 34.8 Å². The topological polar surface area (TPSA) is 135 Å². The molecule has 0 saturated carbocycles. The normalized spacial score (nSPS) is 18.3. The van der Waals surface area contributed by atoms with Crippen molar-refractivity contribution in [2.45, 2.75) is 49.0 Å². The number of sulfonamides is 1. The van der Waals surface area contributed by atoms with Crippen molar-refractivity contribution in [3.63, 3.8) is 0 Å². The molecule has 3 atom stereocenters. The lowest BCUT2D eigenvalue weighted by Crippen LogP contribution is -2.51. The van der Waals surface area contributed by atoms with Crippen LogP contribution in [-0.4, -0.2) is 67.9 Å². The molecule has 186 valence electrons. The molecule has 0 spiro atoms. The van der Waals surface area contributed by atoms with E-state index in [-0.39, 0.29) is 11.3 Å². The lowest BCUT2D eigenvalue weighted by molar-refractivity contribution is -0.257. The molecule has 10 nitrogen and oxygen atoms in total. The summed E-state index contributed by atoms with van der Waals surface area (Å²) in [5.41, 5.74) is 0.779. The van der Waals surface area contributed by atoms with E-state index in [4.69, 9.17) is 14.3 Å². The largest absolute Gasteiger partial charge is 0.497 e. The van der Waals surface area contributed by atoms with Crippen LogP contribution in [0.3, 0.4) is 0 Å². The fourth-order valence-electron chi connectivity index (χ4n) is 3.58. The van der Waals surface area contributed by atoms with Crippen LogP contribution in [-0.2, 0) is 26.0 Å². The molecule has 1 fully saturated rings. The smallest absolute Gasteiger partial charge is 0.404 e. The summed E-state index contributed by atoms with van der Waals surface area (Å²) in [4.78, 5) is 17.0. The lowest BCUT2D eigenvalue weighted by atomic mass is 10.0. The van der Waals surface area contributed by atoms with Gasteiger partial charge in [0.1, 0.15) is 5.75 Å². The molecule has 0 aliphatic carbocycles. The number of ether oxygens (including phenoxy) is 2. The third-order valence-electron chi connectivity index (χ3n) is 5.41. The summed E-state index contributed by atoms with van der Waals surface area (Å²) in [5, 5.41) is 22.5. The molecule has 34 heavy (non-hydrogen) atoms. The zero-order valence-corrected chi connectivity index (χ0v) is 19.7. The predicted molar refractivity (Wildman–Crippen MR) is 123 cm³/mol. The van der Waals surface area contributed by atoms with Crippen molar-refractivity contribution >= 4 is 16.1 Å². The highest BCUT2D eigenvalue weighted by Gasteiger charge is 2.34. The first kappa shape index (κ1) is 25.9. The second-order valence-electron chi connectivity index (χ2n) is 7.88. The summed E-state index contributed by atoms with van der Waals surface area (Å²) in [5.74, 6) is 0.482. The van der Waals surface area contributed by atoms with E-state index in [1.54, 1.807) is 24.3 Å². The number of rotatable bonds is 11. The first-order valence-corrected chi connectivity index (χ1v) is 12.4. The van der Waals surface area contributed by atoms with Crippen molar-refractivity contribution in [1.29, 1.82) is 0 Å². The predicted octanol–water partition coefficient (Wildman–Crippen LogP) is 2.38. The van der Waals surface area contributed by atoms with Crippen LogP contribution in [0.5, 0.6) is 5.75 Å². The molecule has 1 aliphatic rings. The minimum atomic E-state index is -4.21. The minimum Gasteiger partial charge on any atom is -0.497 e. The molecule has 1 amide bonds. The summed E-state index contributed by atoms with van der Waals surface area (Å²) < 4.78 is 38.1. The number of hydroxylamine groups is 1. The van der Waals surface area contributed by atoms with Gasteiger partial charge in [0.05, 0.1) is 30.7 Å². The van der Waals surface area contributed by atoms with Gasteiger partial charge in [-0.15, -0.1) is 0 Å². The van der Waals surface area contributed by atoms with Crippen LogP contribution in [0.4, 0.5) is 4.79 Å². The van der Waals surface area contributed by atoms with Crippen LogP contribution < -0.4 is 10.1 Å². The average molecular weight is 495 g/mol. The third-order valence-corrected chi connectivity index (χ3v) is 7.05. The van der Waals surface area contributed by atoms with Crippen LogP contribution in [0.15, 0.2) is 59.5 Å². The van der Waals surface area contributed by atoms with E-state index >= 15 is 0 Å². The Labute approximate surface area is 199 Å². The summed E-state index contributed by atoms with van der Waals surface area (Å²) in [7, 11) is -2.74. The fraction of sp³-hybridized carbons (Fsp3) is 0.435. The zero-order chi connectivity index (χ0) is 24.6. The van der Waals surface area contributed by atoms with E-state index in [9.17, 15) is 23.4 Å². The quantitative estimate of drug-likeness (QED) is 0.405. The van der Waals surface area contributed by atoms with E-state index in [1.165, 1.54) is 31.4 Å². The van der Waals surface area contributed by atoms with E-state index in [2.05, 4.69) is 5.32 Å². The number of methoxy groups -OCH3 is 1. The number of amides is 1. The molecule has 11 heteroatoms. The lowest BCUT2D eigenvalue weighted by Gasteiger charge is -2.32. The molecule has 3 rings (SSSR count). The standard InChI is InChI=1S/C23H30N2O8S/c1-31-18-10-12-19(13-11-18)34(29,30)25(33-22-9-5-6-14-32-22)16-21(26)20(24-23(27)28)15-17-7-3-2-4-8-17/h2-4,7-8,10-13,20-22,24,26H,5-6,9,14-16H2,1H3,(H,27,28)/t20-,21+,22?/m0/s1. The number of carboxylic acid groups (broad SMARTS) is 1. The van der Waals surface area contributed by atoms with Crippen molar-refractivity contribution in [1.82, 2.24) is 9.79 Å². The number of benzene rings is 2. The Morgan fingerprint density at radius 1 is 1.18 bits per heavy atom. The average Bonchev–Trinajstić information content (AvgIpc) is 2.84. The molecule has 1 aliphatic heterocycles. The minimum absolute atomic E-state index is 0.0675. The Hall–Kier alpha value is -2.70. The van der Waals surface area contributed by atoms with Crippen LogP contribution in [0, 0.1) is 0 Å². The highest BCUT2D eigenvalue weighted by atomic mass is 32.2. The first-order chi connectivity index (χ1) is 16.3. The fourth-order valence-corrected chi connectivity index (χ4v) is 4.85. The van der Waals surface area contributed by atoms with Gasteiger partial charge >= 0.3 is 6.09 Å². The van der Waals surface area contributed by atoms with Crippen LogP contribution >= 0.6 is 0 Å². The first-order valence-electron chi connectivity index (χ1n) is 11.0. The molecule has 0 aromatic heterocycles. The molecule has 0 bridgehead atoms. The summed E-state index contributed by atoms with van der Waals surface area (Å²) in [6.07, 6.45) is -1.24. The SMILES string of the molecule is COc1ccc(S(=O)(=O)N(C[C@@H](O)[C@H](Cc2ccccc2)NC(=O)O)OC2CCCCO2)cc1. The van der Waals surface area contributed by atoms with Crippen molar-refractivity contribution in [2.24, 2.45) is 0 Å². The van der Waals surface area contributed by atoms with Crippen molar-refractivity contribution in [2.75, 3.05) is 20.3 Å². The number of nitrogens with one attached hydrogen (secondary N) is 1. The second-order valence-corrected chi connectivity index (χ2v) is 9.71. The van der Waals surface area contributed by atoms with E-state index in [1.807, 2.05) is 6.07 Å². The number of carbonyl (C=O) groups is 1. The number of nitrogens with zero attached hydrogens (tertiary/aromatic N) is 1. The molecule has 1 unspecified atom stereocenters. The maximum Gasteiger partial charge on any atom is 0.404 e. The van der Waals surface area contributed by atoms with Crippen molar-refractivity contribution < 1.29 is 37.7 Å². The van der Waals surface area contributed by atoms with Gasteiger partial charge in [0.2, 0.25) is 0 Å². The monoisotopic (exact) mass is 494 g/mol. The van der Waals surface area contributed by atoms with Gasteiger partial charge in [-0.05, 0) is 49.1 Å².